The van der Waals surface area contributed by atoms with E-state index >= 15 is 0 Å². The van der Waals surface area contributed by atoms with Gasteiger partial charge >= 0.3 is 0 Å². The minimum atomic E-state index is -0.0981. The van der Waals surface area contributed by atoms with Crippen molar-refractivity contribution in [3.8, 4) is 5.75 Å². The first-order valence-corrected chi connectivity index (χ1v) is 7.69. The molecular weight excluding hydrogens is 276 g/mol. The maximum atomic E-state index is 12.3. The van der Waals surface area contributed by atoms with Crippen molar-refractivity contribution in [2.75, 3.05) is 0 Å². The van der Waals surface area contributed by atoms with Gasteiger partial charge in [-0.1, -0.05) is 48.5 Å². The molecule has 3 nitrogen and oxygen atoms in total. The lowest BCUT2D eigenvalue weighted by Gasteiger charge is -2.14. The van der Waals surface area contributed by atoms with E-state index in [1.807, 2.05) is 42.5 Å². The molecule has 1 aliphatic heterocycles. The van der Waals surface area contributed by atoms with Crippen LogP contribution >= 0.6 is 0 Å². The van der Waals surface area contributed by atoms with Crippen LogP contribution in [-0.4, -0.2) is 6.10 Å². The fraction of sp³-hybridized carbons (Fsp3) is 0.316. The van der Waals surface area contributed by atoms with E-state index in [9.17, 15) is 4.79 Å². The fourth-order valence-corrected chi connectivity index (χ4v) is 2.76. The highest BCUT2D eigenvalue weighted by Gasteiger charge is 2.26. The molecule has 0 aromatic heterocycles. The summed E-state index contributed by atoms with van der Waals surface area (Å²) >= 11 is 0. The Morgan fingerprint density at radius 2 is 1.77 bits per heavy atom. The Bertz CT molecular complexity index is 682. The number of hydrogen-bond acceptors (Lipinski definition) is 3. The first-order valence-electron chi connectivity index (χ1n) is 7.69. The van der Waals surface area contributed by atoms with Crippen molar-refractivity contribution in [1.29, 1.82) is 0 Å². The van der Waals surface area contributed by atoms with E-state index < -0.39 is 0 Å². The van der Waals surface area contributed by atoms with Crippen molar-refractivity contribution in [3.63, 3.8) is 0 Å². The highest BCUT2D eigenvalue weighted by Crippen LogP contribution is 2.35. The second-order valence-corrected chi connectivity index (χ2v) is 5.65. The second kappa shape index (κ2) is 6.75. The van der Waals surface area contributed by atoms with Crippen LogP contribution in [0.4, 0.5) is 0 Å². The van der Waals surface area contributed by atoms with E-state index in [0.717, 1.165) is 24.0 Å². The molecule has 2 atom stereocenters. The molecule has 0 N–H and O–H groups in total. The Labute approximate surface area is 130 Å². The average Bonchev–Trinajstić information content (AvgIpc) is 2.87. The topological polar surface area (TPSA) is 35.5 Å². The van der Waals surface area contributed by atoms with Gasteiger partial charge in [-0.15, -0.1) is 0 Å². The fourth-order valence-electron chi connectivity index (χ4n) is 2.76. The molecule has 2 aromatic carbocycles. The van der Waals surface area contributed by atoms with Gasteiger partial charge in [0.2, 0.25) is 5.43 Å². The summed E-state index contributed by atoms with van der Waals surface area (Å²) in [5.41, 5.74) is 1.80. The van der Waals surface area contributed by atoms with Gasteiger partial charge in [-0.05, 0) is 31.4 Å². The summed E-state index contributed by atoms with van der Waals surface area (Å²) in [4.78, 5) is 12.3. The highest BCUT2D eigenvalue weighted by molar-refractivity contribution is 5.35. The lowest BCUT2D eigenvalue weighted by molar-refractivity contribution is 0.0535. The first-order chi connectivity index (χ1) is 10.7. The zero-order valence-corrected chi connectivity index (χ0v) is 12.7. The molecule has 1 saturated heterocycles. The maximum absolute atomic E-state index is 12.3. The summed E-state index contributed by atoms with van der Waals surface area (Å²) < 4.78 is 11.8. The van der Waals surface area contributed by atoms with E-state index in [2.05, 4.69) is 6.92 Å². The lowest BCUT2D eigenvalue weighted by atomic mass is 10.1. The number of ether oxygens (including phenoxy) is 2. The van der Waals surface area contributed by atoms with Crippen LogP contribution in [0.2, 0.25) is 0 Å². The molecule has 0 saturated carbocycles. The van der Waals surface area contributed by atoms with Crippen LogP contribution in [-0.2, 0) is 11.3 Å². The van der Waals surface area contributed by atoms with Crippen LogP contribution < -0.4 is 10.2 Å². The lowest BCUT2D eigenvalue weighted by Crippen LogP contribution is -2.10. The molecule has 1 aliphatic rings. The van der Waals surface area contributed by atoms with E-state index in [-0.39, 0.29) is 17.6 Å². The van der Waals surface area contributed by atoms with Crippen molar-refractivity contribution in [2.24, 2.45) is 0 Å². The Balaban J connectivity index is 1.89. The van der Waals surface area contributed by atoms with E-state index in [0.29, 0.717) is 12.4 Å². The number of benzene rings is 1. The minimum Gasteiger partial charge on any atom is -0.484 e. The number of hydrogen-bond donors (Lipinski definition) is 0. The smallest absolute Gasteiger partial charge is 0.220 e. The summed E-state index contributed by atoms with van der Waals surface area (Å²) in [5.74, 6) is 0.410. The molecule has 0 spiro atoms. The molecule has 0 aliphatic carbocycles. The van der Waals surface area contributed by atoms with Gasteiger partial charge in [-0.25, -0.2) is 0 Å². The number of rotatable bonds is 4. The van der Waals surface area contributed by atoms with E-state index in [1.54, 1.807) is 12.1 Å². The Hall–Kier alpha value is -2.13. The van der Waals surface area contributed by atoms with Crippen LogP contribution in [0.5, 0.6) is 5.75 Å². The summed E-state index contributed by atoms with van der Waals surface area (Å²) in [6.07, 6.45) is 2.11. The van der Waals surface area contributed by atoms with Crippen LogP contribution in [0, 0.1) is 0 Å². The van der Waals surface area contributed by atoms with Crippen molar-refractivity contribution < 1.29 is 9.47 Å². The van der Waals surface area contributed by atoms with Gasteiger partial charge in [0, 0.05) is 5.56 Å². The van der Waals surface area contributed by atoms with Gasteiger partial charge < -0.3 is 9.47 Å². The molecule has 1 fully saturated rings. The van der Waals surface area contributed by atoms with Crippen molar-refractivity contribution in [3.05, 3.63) is 75.9 Å². The van der Waals surface area contributed by atoms with Crippen molar-refractivity contribution in [1.82, 2.24) is 0 Å². The predicted molar refractivity (Wildman–Crippen MR) is 86.0 cm³/mol. The molecule has 3 rings (SSSR count). The highest BCUT2D eigenvalue weighted by atomic mass is 16.5. The van der Waals surface area contributed by atoms with Crippen molar-refractivity contribution in [2.45, 2.75) is 38.6 Å². The molecular formula is C19H20O3. The third-order valence-electron chi connectivity index (χ3n) is 3.93. The first kappa shape index (κ1) is 14.8. The molecule has 0 bridgehead atoms. The van der Waals surface area contributed by atoms with E-state index in [4.69, 9.17) is 9.47 Å². The van der Waals surface area contributed by atoms with Gasteiger partial charge in [-0.3, -0.25) is 4.79 Å². The van der Waals surface area contributed by atoms with Gasteiger partial charge in [-0.2, -0.15) is 0 Å². The molecule has 114 valence electrons. The largest absolute Gasteiger partial charge is 0.484 e. The average molecular weight is 296 g/mol. The summed E-state index contributed by atoms with van der Waals surface area (Å²) in [7, 11) is 0. The predicted octanol–water partition coefficient (Wildman–Crippen LogP) is 3.87. The van der Waals surface area contributed by atoms with Crippen LogP contribution in [0.1, 0.15) is 37.0 Å². The Kier molecular flexibility index (Phi) is 4.54. The van der Waals surface area contributed by atoms with Crippen LogP contribution in [0.3, 0.4) is 0 Å². The third kappa shape index (κ3) is 3.37. The second-order valence-electron chi connectivity index (χ2n) is 5.65. The molecule has 0 radical (unpaired) electrons. The minimum absolute atomic E-state index is 0.0547. The summed E-state index contributed by atoms with van der Waals surface area (Å²) in [6, 6.07) is 17.0. The van der Waals surface area contributed by atoms with Gasteiger partial charge in [0.25, 0.3) is 0 Å². The molecule has 0 amide bonds. The van der Waals surface area contributed by atoms with Crippen molar-refractivity contribution >= 4 is 0 Å². The molecule has 22 heavy (non-hydrogen) atoms. The zero-order chi connectivity index (χ0) is 15.4. The van der Waals surface area contributed by atoms with Gasteiger partial charge in [0.1, 0.15) is 6.61 Å². The third-order valence-corrected chi connectivity index (χ3v) is 3.93. The molecule has 3 heteroatoms. The molecule has 1 heterocycles. The SMILES string of the molecule is C[C@@H]1CC[C@@H](c2ccccc(=O)c2OCc2ccccc2)O1. The molecule has 0 unspecified atom stereocenters. The Morgan fingerprint density at radius 1 is 1.05 bits per heavy atom. The van der Waals surface area contributed by atoms with Crippen LogP contribution in [0.15, 0.2) is 59.4 Å². The normalized spacial score (nSPS) is 20.8. The summed E-state index contributed by atoms with van der Waals surface area (Å²) in [5, 5.41) is 0. The monoisotopic (exact) mass is 296 g/mol. The Morgan fingerprint density at radius 3 is 2.50 bits per heavy atom. The maximum Gasteiger partial charge on any atom is 0.220 e. The molecule has 2 aromatic rings. The van der Waals surface area contributed by atoms with Crippen LogP contribution in [0.25, 0.3) is 0 Å². The zero-order valence-electron chi connectivity index (χ0n) is 12.7. The van der Waals surface area contributed by atoms with Gasteiger partial charge in [0.05, 0.1) is 12.2 Å². The quantitative estimate of drug-likeness (QED) is 0.859. The standard InChI is InChI=1S/C19H20O3/c1-14-11-12-18(22-14)16-9-5-6-10-17(20)19(16)21-13-15-7-3-2-4-8-15/h2-10,14,18H,11-13H2,1H3/t14-,18+/m1/s1. The van der Waals surface area contributed by atoms with Gasteiger partial charge in [0.15, 0.2) is 5.75 Å². The van der Waals surface area contributed by atoms with E-state index in [1.165, 1.54) is 0 Å². The summed E-state index contributed by atoms with van der Waals surface area (Å²) in [6.45, 7) is 2.45.